The molecule has 0 aliphatic carbocycles. The molecule has 0 saturated heterocycles. The number of rotatable bonds is 2. The van der Waals surface area contributed by atoms with Crippen LogP contribution in [0.25, 0.3) is 0 Å². The number of aliphatic hydroxyl groups is 1. The molecule has 54 valence electrons. The van der Waals surface area contributed by atoms with Gasteiger partial charge < -0.3 is 5.11 Å². The summed E-state index contributed by atoms with van der Waals surface area (Å²) in [6.07, 6.45) is 5.41. The van der Waals surface area contributed by atoms with E-state index in [1.54, 1.807) is 24.2 Å². The van der Waals surface area contributed by atoms with Crippen molar-refractivity contribution in [1.29, 1.82) is 0 Å². The third kappa shape index (κ3) is 1.49. The van der Waals surface area contributed by atoms with Crippen molar-refractivity contribution in [2.24, 2.45) is 0 Å². The maximum Gasteiger partial charge on any atom is 0.0693 e. The van der Waals surface area contributed by atoms with Gasteiger partial charge >= 0.3 is 0 Å². The summed E-state index contributed by atoms with van der Waals surface area (Å²) in [7, 11) is 0. The van der Waals surface area contributed by atoms with E-state index >= 15 is 0 Å². The highest BCUT2D eigenvalue weighted by Crippen LogP contribution is 2.17. The van der Waals surface area contributed by atoms with Gasteiger partial charge in [-0.3, -0.25) is 4.98 Å². The van der Waals surface area contributed by atoms with E-state index in [4.69, 9.17) is 5.11 Å². The number of hydrogen-bond donors (Lipinski definition) is 1. The summed E-state index contributed by atoms with van der Waals surface area (Å²) in [4.78, 5) is 4.98. The minimum absolute atomic E-state index is 0.0959. The first kappa shape index (κ1) is 7.57. The fourth-order valence-electron chi connectivity index (χ4n) is 0.723. The molecule has 0 aliphatic heterocycles. The van der Waals surface area contributed by atoms with E-state index in [1.165, 1.54) is 0 Å². The zero-order chi connectivity index (χ0) is 7.40. The van der Waals surface area contributed by atoms with Gasteiger partial charge in [0.05, 0.1) is 6.61 Å². The quantitative estimate of drug-likeness (QED) is 0.653. The predicted molar refractivity (Wildman–Crippen MR) is 41.9 cm³/mol. The van der Waals surface area contributed by atoms with Crippen LogP contribution >= 0.6 is 11.8 Å². The van der Waals surface area contributed by atoms with Crippen molar-refractivity contribution in [2.45, 2.75) is 11.5 Å². The molecule has 1 heterocycles. The van der Waals surface area contributed by atoms with E-state index in [0.717, 1.165) is 10.5 Å². The Balaban J connectivity index is 2.96. The monoisotopic (exact) mass is 155 g/mol. The van der Waals surface area contributed by atoms with Gasteiger partial charge in [0.15, 0.2) is 0 Å². The van der Waals surface area contributed by atoms with Crippen LogP contribution in [0.15, 0.2) is 23.4 Å². The van der Waals surface area contributed by atoms with Crippen LogP contribution in [0.3, 0.4) is 0 Å². The summed E-state index contributed by atoms with van der Waals surface area (Å²) >= 11 is 1.60. The van der Waals surface area contributed by atoms with Crippen molar-refractivity contribution >= 4 is 11.8 Å². The Morgan fingerprint density at radius 2 is 2.50 bits per heavy atom. The number of hydrogen-bond acceptors (Lipinski definition) is 3. The molecule has 0 bridgehead atoms. The molecular formula is C7H9NOS. The Morgan fingerprint density at radius 1 is 1.70 bits per heavy atom. The number of thioether (sulfide) groups is 1. The summed E-state index contributed by atoms with van der Waals surface area (Å²) in [5.41, 5.74) is 0.947. The lowest BCUT2D eigenvalue weighted by Crippen LogP contribution is -1.86. The van der Waals surface area contributed by atoms with Gasteiger partial charge in [0.25, 0.3) is 0 Å². The second-order valence-electron chi connectivity index (χ2n) is 1.85. The van der Waals surface area contributed by atoms with Crippen LogP contribution < -0.4 is 0 Å². The highest BCUT2D eigenvalue weighted by atomic mass is 32.2. The molecule has 0 aliphatic rings. The van der Waals surface area contributed by atoms with Crippen molar-refractivity contribution in [3.05, 3.63) is 24.0 Å². The summed E-state index contributed by atoms with van der Waals surface area (Å²) in [6, 6.07) is 1.83. The highest BCUT2D eigenvalue weighted by Gasteiger charge is 1.96. The van der Waals surface area contributed by atoms with Crippen molar-refractivity contribution < 1.29 is 5.11 Å². The third-order valence-electron chi connectivity index (χ3n) is 1.26. The van der Waals surface area contributed by atoms with Gasteiger partial charge in [0.1, 0.15) is 0 Å². The van der Waals surface area contributed by atoms with Gasteiger partial charge in [-0.25, -0.2) is 0 Å². The summed E-state index contributed by atoms with van der Waals surface area (Å²) < 4.78 is 0. The van der Waals surface area contributed by atoms with Crippen LogP contribution in [-0.4, -0.2) is 16.3 Å². The van der Waals surface area contributed by atoms with Crippen LogP contribution in [0.1, 0.15) is 5.56 Å². The Hall–Kier alpha value is -0.540. The standard InChI is InChI=1S/C7H9NOS/c1-10-7-4-8-3-2-6(7)5-9/h2-4,9H,5H2,1H3. The van der Waals surface area contributed by atoms with Crippen LogP contribution in [0, 0.1) is 0 Å². The molecule has 1 N–H and O–H groups in total. The topological polar surface area (TPSA) is 33.1 Å². The molecule has 10 heavy (non-hydrogen) atoms. The van der Waals surface area contributed by atoms with Crippen molar-refractivity contribution in [3.8, 4) is 0 Å². The minimum atomic E-state index is 0.0959. The molecule has 0 amide bonds. The van der Waals surface area contributed by atoms with Gasteiger partial charge in [-0.15, -0.1) is 11.8 Å². The smallest absolute Gasteiger partial charge is 0.0693 e. The molecule has 0 saturated carbocycles. The normalized spacial score (nSPS) is 9.80. The van der Waals surface area contributed by atoms with Gasteiger partial charge in [-0.1, -0.05) is 0 Å². The van der Waals surface area contributed by atoms with E-state index in [-0.39, 0.29) is 6.61 Å². The molecule has 3 heteroatoms. The zero-order valence-electron chi connectivity index (χ0n) is 5.74. The Morgan fingerprint density at radius 3 is 3.00 bits per heavy atom. The number of aliphatic hydroxyl groups excluding tert-OH is 1. The molecule has 0 aromatic carbocycles. The first-order valence-electron chi connectivity index (χ1n) is 2.96. The molecular weight excluding hydrogens is 146 g/mol. The average molecular weight is 155 g/mol. The first-order valence-corrected chi connectivity index (χ1v) is 4.18. The van der Waals surface area contributed by atoms with Gasteiger partial charge in [-0.2, -0.15) is 0 Å². The van der Waals surface area contributed by atoms with Crippen molar-refractivity contribution in [2.75, 3.05) is 6.26 Å². The van der Waals surface area contributed by atoms with Crippen molar-refractivity contribution in [1.82, 2.24) is 4.98 Å². The molecule has 0 spiro atoms. The predicted octanol–water partition coefficient (Wildman–Crippen LogP) is 1.30. The van der Waals surface area contributed by atoms with Crippen LogP contribution in [0.4, 0.5) is 0 Å². The Labute approximate surface area is 64.3 Å². The van der Waals surface area contributed by atoms with Gasteiger partial charge in [0, 0.05) is 17.3 Å². The third-order valence-corrected chi connectivity index (χ3v) is 2.07. The Kier molecular flexibility index (Phi) is 2.71. The minimum Gasteiger partial charge on any atom is -0.392 e. The fraction of sp³-hybridized carbons (Fsp3) is 0.286. The number of pyridine rings is 1. The SMILES string of the molecule is CSc1cnccc1CO. The molecule has 1 aromatic heterocycles. The lowest BCUT2D eigenvalue weighted by molar-refractivity contribution is 0.278. The maximum atomic E-state index is 8.81. The van der Waals surface area contributed by atoms with Crippen molar-refractivity contribution in [3.63, 3.8) is 0 Å². The average Bonchev–Trinajstić information content (AvgIpc) is 2.04. The zero-order valence-corrected chi connectivity index (χ0v) is 6.56. The summed E-state index contributed by atoms with van der Waals surface area (Å²) in [5, 5.41) is 8.81. The highest BCUT2D eigenvalue weighted by molar-refractivity contribution is 7.98. The second kappa shape index (κ2) is 3.58. The molecule has 1 aromatic rings. The largest absolute Gasteiger partial charge is 0.392 e. The fourth-order valence-corrected chi connectivity index (χ4v) is 1.28. The molecule has 0 atom stereocenters. The van der Waals surface area contributed by atoms with E-state index in [1.807, 2.05) is 12.3 Å². The molecule has 0 fully saturated rings. The van der Waals surface area contributed by atoms with Crippen LogP contribution in [-0.2, 0) is 6.61 Å². The maximum absolute atomic E-state index is 8.81. The summed E-state index contributed by atoms with van der Waals surface area (Å²) in [5.74, 6) is 0. The molecule has 1 rings (SSSR count). The van der Waals surface area contributed by atoms with E-state index in [9.17, 15) is 0 Å². The van der Waals surface area contributed by atoms with Gasteiger partial charge in [0.2, 0.25) is 0 Å². The van der Waals surface area contributed by atoms with E-state index in [0.29, 0.717) is 0 Å². The van der Waals surface area contributed by atoms with Gasteiger partial charge in [-0.05, 0) is 17.9 Å². The lowest BCUT2D eigenvalue weighted by atomic mass is 10.3. The second-order valence-corrected chi connectivity index (χ2v) is 2.69. The van der Waals surface area contributed by atoms with Crippen LogP contribution in [0.2, 0.25) is 0 Å². The number of nitrogens with zero attached hydrogens (tertiary/aromatic N) is 1. The van der Waals surface area contributed by atoms with E-state index < -0.39 is 0 Å². The first-order chi connectivity index (χ1) is 4.88. The molecule has 2 nitrogen and oxygen atoms in total. The number of aromatic nitrogens is 1. The summed E-state index contributed by atoms with van der Waals surface area (Å²) in [6.45, 7) is 0.0959. The molecule has 0 unspecified atom stereocenters. The lowest BCUT2D eigenvalue weighted by Gasteiger charge is -2.00. The molecule has 0 radical (unpaired) electrons. The van der Waals surface area contributed by atoms with E-state index in [2.05, 4.69) is 4.98 Å². The van der Waals surface area contributed by atoms with Crippen LogP contribution in [0.5, 0.6) is 0 Å². The Bertz CT molecular complexity index is 192.